The van der Waals surface area contributed by atoms with Gasteiger partial charge in [-0.05, 0) is 39.2 Å². The topological polar surface area (TPSA) is 93.3 Å². The van der Waals surface area contributed by atoms with Gasteiger partial charge in [0.15, 0.2) is 0 Å². The van der Waals surface area contributed by atoms with Gasteiger partial charge in [-0.1, -0.05) is 30.3 Å². The maximum Gasteiger partial charge on any atom is 0.408 e. The molecule has 0 aliphatic heterocycles. The summed E-state index contributed by atoms with van der Waals surface area (Å²) in [6.07, 6.45) is 4.14. The average Bonchev–Trinajstić information content (AvgIpc) is 3.13. The van der Waals surface area contributed by atoms with Gasteiger partial charge in [0.1, 0.15) is 18.0 Å². The molecular formula is C20H27N3O4. The number of nitrogens with one attached hydrogen (secondary N) is 2. The second kappa shape index (κ2) is 9.75. The number of imidazole rings is 1. The summed E-state index contributed by atoms with van der Waals surface area (Å²) in [6.45, 7) is 5.67. The Balaban J connectivity index is 1.79. The summed E-state index contributed by atoms with van der Waals surface area (Å²) < 4.78 is 10.6. The van der Waals surface area contributed by atoms with E-state index in [2.05, 4.69) is 15.3 Å². The number of aromatic nitrogens is 2. The van der Waals surface area contributed by atoms with Crippen molar-refractivity contribution in [3.63, 3.8) is 0 Å². The standard InChI is InChI=1S/C20H27N3O4/c1-20(2,3)27-19(25)23-16(18-21-12-13-22-18)10-7-11-17(24)26-14-15-8-5-4-6-9-15/h4-6,8-9,12-13,16H,7,10-11,14H2,1-3H3,(H,21,22)(H,23,25). The first-order chi connectivity index (χ1) is 12.8. The van der Waals surface area contributed by atoms with E-state index in [1.54, 1.807) is 33.2 Å². The average molecular weight is 373 g/mol. The lowest BCUT2D eigenvalue weighted by Gasteiger charge is -2.22. The molecule has 0 spiro atoms. The van der Waals surface area contributed by atoms with Crippen molar-refractivity contribution in [1.82, 2.24) is 15.3 Å². The number of carbonyl (C=O) groups excluding carboxylic acids is 2. The lowest BCUT2D eigenvalue weighted by molar-refractivity contribution is -0.145. The van der Waals surface area contributed by atoms with Crippen LogP contribution < -0.4 is 5.32 Å². The van der Waals surface area contributed by atoms with Crippen LogP contribution >= 0.6 is 0 Å². The van der Waals surface area contributed by atoms with Gasteiger partial charge in [0, 0.05) is 18.8 Å². The second-order valence-corrected chi connectivity index (χ2v) is 7.21. The fourth-order valence-corrected chi connectivity index (χ4v) is 2.46. The lowest BCUT2D eigenvalue weighted by atomic mass is 10.1. The summed E-state index contributed by atoms with van der Waals surface area (Å²) in [5.41, 5.74) is 0.366. The van der Waals surface area contributed by atoms with Crippen molar-refractivity contribution in [2.24, 2.45) is 0 Å². The minimum Gasteiger partial charge on any atom is -0.461 e. The van der Waals surface area contributed by atoms with Crippen LogP contribution in [0.3, 0.4) is 0 Å². The minimum atomic E-state index is -0.584. The Bertz CT molecular complexity index is 709. The van der Waals surface area contributed by atoms with Crippen LogP contribution in [0.4, 0.5) is 4.79 Å². The van der Waals surface area contributed by atoms with E-state index in [1.165, 1.54) is 0 Å². The van der Waals surface area contributed by atoms with Crippen molar-refractivity contribution >= 4 is 12.1 Å². The predicted octanol–water partition coefficient (Wildman–Crippen LogP) is 3.89. The van der Waals surface area contributed by atoms with Gasteiger partial charge in [-0.2, -0.15) is 0 Å². The third-order valence-corrected chi connectivity index (χ3v) is 3.66. The summed E-state index contributed by atoms with van der Waals surface area (Å²) in [6, 6.07) is 9.17. The Morgan fingerprint density at radius 3 is 2.59 bits per heavy atom. The third-order valence-electron chi connectivity index (χ3n) is 3.66. The van der Waals surface area contributed by atoms with E-state index in [-0.39, 0.29) is 25.0 Å². The molecule has 7 nitrogen and oxygen atoms in total. The quantitative estimate of drug-likeness (QED) is 0.685. The zero-order valence-corrected chi connectivity index (χ0v) is 16.0. The van der Waals surface area contributed by atoms with E-state index in [1.807, 2.05) is 30.3 Å². The van der Waals surface area contributed by atoms with Crippen molar-refractivity contribution in [3.8, 4) is 0 Å². The summed E-state index contributed by atoms with van der Waals surface area (Å²) in [4.78, 5) is 31.2. The Hall–Kier alpha value is -2.83. The fourth-order valence-electron chi connectivity index (χ4n) is 2.46. The number of hydrogen-bond acceptors (Lipinski definition) is 5. The number of ether oxygens (including phenoxy) is 2. The molecule has 1 unspecified atom stereocenters. The van der Waals surface area contributed by atoms with Gasteiger partial charge in [-0.15, -0.1) is 0 Å². The van der Waals surface area contributed by atoms with Crippen LogP contribution in [-0.2, 0) is 20.9 Å². The first-order valence-corrected chi connectivity index (χ1v) is 9.02. The Morgan fingerprint density at radius 1 is 1.22 bits per heavy atom. The normalized spacial score (nSPS) is 12.3. The van der Waals surface area contributed by atoms with Crippen molar-refractivity contribution < 1.29 is 19.1 Å². The summed E-state index contributed by atoms with van der Waals surface area (Å²) in [5, 5.41) is 2.80. The highest BCUT2D eigenvalue weighted by Gasteiger charge is 2.22. The lowest BCUT2D eigenvalue weighted by Crippen LogP contribution is -2.35. The number of carbonyl (C=O) groups is 2. The van der Waals surface area contributed by atoms with Gasteiger partial charge >= 0.3 is 12.1 Å². The summed E-state index contributed by atoms with van der Waals surface area (Å²) in [5.74, 6) is 0.354. The molecule has 1 atom stereocenters. The van der Waals surface area contributed by atoms with Gasteiger partial charge in [0.2, 0.25) is 0 Å². The molecule has 0 fully saturated rings. The van der Waals surface area contributed by atoms with E-state index < -0.39 is 11.7 Å². The molecule has 27 heavy (non-hydrogen) atoms. The maximum absolute atomic E-state index is 12.1. The highest BCUT2D eigenvalue weighted by Crippen LogP contribution is 2.18. The molecule has 2 aromatic rings. The Kier molecular flexibility index (Phi) is 7.40. The number of H-pyrrole nitrogens is 1. The van der Waals surface area contributed by atoms with Gasteiger partial charge in [-0.25, -0.2) is 9.78 Å². The smallest absolute Gasteiger partial charge is 0.408 e. The van der Waals surface area contributed by atoms with Crippen LogP contribution in [0.2, 0.25) is 0 Å². The van der Waals surface area contributed by atoms with Crippen LogP contribution in [0.1, 0.15) is 57.5 Å². The molecule has 2 rings (SSSR count). The van der Waals surface area contributed by atoms with E-state index in [0.29, 0.717) is 18.7 Å². The zero-order chi connectivity index (χ0) is 19.7. The minimum absolute atomic E-state index is 0.261. The molecule has 0 bridgehead atoms. The SMILES string of the molecule is CC(C)(C)OC(=O)NC(CCCC(=O)OCc1ccccc1)c1ncc[nH]1. The van der Waals surface area contributed by atoms with E-state index in [4.69, 9.17) is 9.47 Å². The number of nitrogens with zero attached hydrogens (tertiary/aromatic N) is 1. The molecule has 7 heteroatoms. The van der Waals surface area contributed by atoms with Crippen molar-refractivity contribution in [1.29, 1.82) is 0 Å². The van der Waals surface area contributed by atoms with Gasteiger partial charge in [0.05, 0.1) is 6.04 Å². The first kappa shape index (κ1) is 20.5. The Labute approximate surface area is 159 Å². The highest BCUT2D eigenvalue weighted by atomic mass is 16.6. The molecule has 0 saturated heterocycles. The maximum atomic E-state index is 12.1. The molecular weight excluding hydrogens is 346 g/mol. The zero-order valence-electron chi connectivity index (χ0n) is 16.0. The molecule has 0 aliphatic carbocycles. The summed E-state index contributed by atoms with van der Waals surface area (Å²) in [7, 11) is 0. The predicted molar refractivity (Wildman–Crippen MR) is 101 cm³/mol. The molecule has 1 amide bonds. The molecule has 146 valence electrons. The van der Waals surface area contributed by atoms with Crippen LogP contribution in [0.15, 0.2) is 42.7 Å². The highest BCUT2D eigenvalue weighted by molar-refractivity contribution is 5.69. The van der Waals surface area contributed by atoms with Crippen LogP contribution in [0, 0.1) is 0 Å². The van der Waals surface area contributed by atoms with Crippen LogP contribution in [0.5, 0.6) is 0 Å². The number of benzene rings is 1. The number of alkyl carbamates (subject to hydrolysis) is 1. The first-order valence-electron chi connectivity index (χ1n) is 9.02. The summed E-state index contributed by atoms with van der Waals surface area (Å²) >= 11 is 0. The number of aromatic amines is 1. The number of hydrogen-bond donors (Lipinski definition) is 2. The van der Waals surface area contributed by atoms with E-state index >= 15 is 0 Å². The van der Waals surface area contributed by atoms with E-state index in [0.717, 1.165) is 5.56 Å². The van der Waals surface area contributed by atoms with Crippen LogP contribution in [0.25, 0.3) is 0 Å². The number of esters is 1. The largest absolute Gasteiger partial charge is 0.461 e. The van der Waals surface area contributed by atoms with Crippen molar-refractivity contribution in [2.45, 2.75) is 58.3 Å². The van der Waals surface area contributed by atoms with Crippen molar-refractivity contribution in [2.75, 3.05) is 0 Å². The second-order valence-electron chi connectivity index (χ2n) is 7.21. The molecule has 1 aromatic carbocycles. The number of rotatable bonds is 8. The molecule has 0 radical (unpaired) electrons. The van der Waals surface area contributed by atoms with Gasteiger partial charge in [0.25, 0.3) is 0 Å². The van der Waals surface area contributed by atoms with Gasteiger partial charge < -0.3 is 19.8 Å². The molecule has 2 N–H and O–H groups in total. The molecule has 0 aliphatic rings. The molecule has 1 heterocycles. The fraction of sp³-hybridized carbons (Fsp3) is 0.450. The number of amides is 1. The monoisotopic (exact) mass is 373 g/mol. The molecule has 0 saturated carbocycles. The van der Waals surface area contributed by atoms with Crippen LogP contribution in [-0.4, -0.2) is 27.6 Å². The third kappa shape index (κ3) is 7.94. The van der Waals surface area contributed by atoms with Crippen molar-refractivity contribution in [3.05, 3.63) is 54.1 Å². The Morgan fingerprint density at radius 2 is 1.96 bits per heavy atom. The molecule has 1 aromatic heterocycles. The van der Waals surface area contributed by atoms with Gasteiger partial charge in [-0.3, -0.25) is 4.79 Å². The van der Waals surface area contributed by atoms with E-state index in [9.17, 15) is 9.59 Å².